The molecule has 2 rings (SSSR count). The van der Waals surface area contributed by atoms with Crippen LogP contribution >= 0.6 is 0 Å². The normalized spacial score (nSPS) is 10.8. The largest absolute Gasteiger partial charge is 0.493 e. The van der Waals surface area contributed by atoms with Crippen LogP contribution in [-0.4, -0.2) is 30.8 Å². The molecule has 1 N–H and O–H groups in total. The molecular weight excluding hydrogens is 308 g/mol. The number of alkyl halides is 2. The Morgan fingerprint density at radius 1 is 1.35 bits per heavy atom. The highest BCUT2D eigenvalue weighted by molar-refractivity contribution is 5.94. The Morgan fingerprint density at radius 2 is 2.17 bits per heavy atom. The Hall–Kier alpha value is -3.03. The van der Waals surface area contributed by atoms with Crippen molar-refractivity contribution in [3.8, 4) is 11.5 Å². The van der Waals surface area contributed by atoms with E-state index in [1.54, 1.807) is 18.3 Å². The predicted molar refractivity (Wildman–Crippen MR) is 78.9 cm³/mol. The first-order chi connectivity index (χ1) is 11.1. The summed E-state index contributed by atoms with van der Waals surface area (Å²) in [5.74, 6) is -0.370. The lowest BCUT2D eigenvalue weighted by atomic mass is 10.2. The molecule has 6 nitrogen and oxygen atoms in total. The molecule has 0 aliphatic rings. The summed E-state index contributed by atoms with van der Waals surface area (Å²) in [5.41, 5.74) is 3.23. The number of hydrazone groups is 1. The van der Waals surface area contributed by atoms with E-state index >= 15 is 0 Å². The van der Waals surface area contributed by atoms with Gasteiger partial charge in [0.1, 0.15) is 0 Å². The summed E-state index contributed by atoms with van der Waals surface area (Å²) < 4.78 is 33.7. The highest BCUT2D eigenvalue weighted by Gasteiger charge is 2.10. The molecule has 1 aromatic carbocycles. The maximum Gasteiger partial charge on any atom is 0.387 e. The van der Waals surface area contributed by atoms with Gasteiger partial charge in [0, 0.05) is 12.4 Å². The number of halogens is 2. The Kier molecular flexibility index (Phi) is 5.56. The first-order valence-corrected chi connectivity index (χ1v) is 6.46. The van der Waals surface area contributed by atoms with Crippen LogP contribution in [0.4, 0.5) is 8.78 Å². The molecule has 0 saturated carbocycles. The molecule has 2 aromatic rings. The molecule has 0 aliphatic heterocycles. The van der Waals surface area contributed by atoms with Crippen LogP contribution in [0.2, 0.25) is 0 Å². The minimum Gasteiger partial charge on any atom is -0.493 e. The number of amides is 1. The highest BCUT2D eigenvalue weighted by atomic mass is 19.3. The van der Waals surface area contributed by atoms with Gasteiger partial charge < -0.3 is 9.47 Å². The number of rotatable bonds is 6. The minimum absolute atomic E-state index is 0.0842. The summed E-state index contributed by atoms with van der Waals surface area (Å²) in [6.07, 6.45) is 4.31. The van der Waals surface area contributed by atoms with Crippen molar-refractivity contribution in [2.75, 3.05) is 7.11 Å². The van der Waals surface area contributed by atoms with Crippen LogP contribution in [0.25, 0.3) is 0 Å². The molecule has 0 radical (unpaired) electrons. The smallest absolute Gasteiger partial charge is 0.387 e. The van der Waals surface area contributed by atoms with Gasteiger partial charge in [0.05, 0.1) is 18.9 Å². The minimum atomic E-state index is -2.94. The Balaban J connectivity index is 2.03. The number of carbonyl (C=O) groups excluding carboxylic acids is 1. The second-order valence-corrected chi connectivity index (χ2v) is 4.23. The van der Waals surface area contributed by atoms with E-state index in [0.29, 0.717) is 11.1 Å². The summed E-state index contributed by atoms with van der Waals surface area (Å²) in [5, 5.41) is 3.79. The second-order valence-electron chi connectivity index (χ2n) is 4.23. The maximum absolute atomic E-state index is 12.2. The number of nitrogens with one attached hydrogen (secondary N) is 1. The van der Waals surface area contributed by atoms with E-state index in [-0.39, 0.29) is 11.5 Å². The molecule has 120 valence electrons. The number of carbonyl (C=O) groups is 1. The SMILES string of the molecule is COc1cc(C=NNC(=O)c2cccnc2)ccc1OC(F)F. The van der Waals surface area contributed by atoms with Gasteiger partial charge in [-0.05, 0) is 35.9 Å². The third-order valence-corrected chi connectivity index (χ3v) is 2.71. The fraction of sp³-hybridized carbons (Fsp3) is 0.133. The van der Waals surface area contributed by atoms with E-state index in [9.17, 15) is 13.6 Å². The Morgan fingerprint density at radius 3 is 2.83 bits per heavy atom. The van der Waals surface area contributed by atoms with Crippen molar-refractivity contribution in [3.63, 3.8) is 0 Å². The second kappa shape index (κ2) is 7.83. The molecule has 0 saturated heterocycles. The van der Waals surface area contributed by atoms with Crippen molar-refractivity contribution < 1.29 is 23.0 Å². The predicted octanol–water partition coefficient (Wildman–Crippen LogP) is 2.46. The zero-order valence-corrected chi connectivity index (χ0v) is 12.1. The van der Waals surface area contributed by atoms with E-state index in [1.165, 1.54) is 37.7 Å². The molecule has 23 heavy (non-hydrogen) atoms. The fourth-order valence-electron chi connectivity index (χ4n) is 1.68. The zero-order chi connectivity index (χ0) is 16.7. The van der Waals surface area contributed by atoms with Crippen LogP contribution in [-0.2, 0) is 0 Å². The van der Waals surface area contributed by atoms with Crippen molar-refractivity contribution in [2.45, 2.75) is 6.61 Å². The lowest BCUT2D eigenvalue weighted by Gasteiger charge is -2.09. The van der Waals surface area contributed by atoms with Crippen LogP contribution in [0.1, 0.15) is 15.9 Å². The number of benzene rings is 1. The molecule has 0 spiro atoms. The van der Waals surface area contributed by atoms with Crippen molar-refractivity contribution in [1.29, 1.82) is 0 Å². The number of nitrogens with zero attached hydrogens (tertiary/aromatic N) is 2. The third-order valence-electron chi connectivity index (χ3n) is 2.71. The topological polar surface area (TPSA) is 72.8 Å². The number of hydrogen-bond acceptors (Lipinski definition) is 5. The van der Waals surface area contributed by atoms with Gasteiger partial charge in [-0.3, -0.25) is 9.78 Å². The van der Waals surface area contributed by atoms with Crippen LogP contribution in [0, 0.1) is 0 Å². The summed E-state index contributed by atoms with van der Waals surface area (Å²) >= 11 is 0. The molecule has 0 bridgehead atoms. The van der Waals surface area contributed by atoms with E-state index in [2.05, 4.69) is 20.2 Å². The molecular formula is C15H13F2N3O3. The van der Waals surface area contributed by atoms with Gasteiger partial charge in [0.15, 0.2) is 11.5 Å². The summed E-state index contributed by atoms with van der Waals surface area (Å²) in [6, 6.07) is 7.51. The van der Waals surface area contributed by atoms with Crippen molar-refractivity contribution >= 4 is 12.1 Å². The molecule has 0 atom stereocenters. The number of ether oxygens (including phenoxy) is 2. The monoisotopic (exact) mass is 321 g/mol. The number of aromatic nitrogens is 1. The maximum atomic E-state index is 12.2. The van der Waals surface area contributed by atoms with Gasteiger partial charge in [-0.1, -0.05) is 0 Å². The third kappa shape index (κ3) is 4.73. The van der Waals surface area contributed by atoms with Crippen LogP contribution in [0.3, 0.4) is 0 Å². The van der Waals surface area contributed by atoms with Crippen LogP contribution < -0.4 is 14.9 Å². The highest BCUT2D eigenvalue weighted by Crippen LogP contribution is 2.28. The Bertz CT molecular complexity index is 694. The molecule has 0 fully saturated rings. The van der Waals surface area contributed by atoms with E-state index < -0.39 is 12.5 Å². The average Bonchev–Trinajstić information content (AvgIpc) is 2.56. The van der Waals surface area contributed by atoms with Gasteiger partial charge in [-0.25, -0.2) is 5.43 Å². The zero-order valence-electron chi connectivity index (χ0n) is 12.1. The van der Waals surface area contributed by atoms with E-state index in [1.807, 2.05) is 0 Å². The number of hydrogen-bond donors (Lipinski definition) is 1. The van der Waals surface area contributed by atoms with Crippen LogP contribution in [0.15, 0.2) is 47.8 Å². The number of methoxy groups -OCH3 is 1. The number of pyridine rings is 1. The van der Waals surface area contributed by atoms with Crippen molar-refractivity contribution in [2.24, 2.45) is 5.10 Å². The van der Waals surface area contributed by atoms with E-state index in [4.69, 9.17) is 4.74 Å². The lowest BCUT2D eigenvalue weighted by molar-refractivity contribution is -0.0512. The fourth-order valence-corrected chi connectivity index (χ4v) is 1.68. The average molecular weight is 321 g/mol. The standard InChI is InChI=1S/C15H13F2N3O3/c1-22-13-7-10(4-5-12(13)23-15(16)17)8-19-20-14(21)11-3-2-6-18-9-11/h2-9,15H,1H3,(H,20,21). The quantitative estimate of drug-likeness (QED) is 0.655. The summed E-state index contributed by atoms with van der Waals surface area (Å²) in [7, 11) is 1.33. The summed E-state index contributed by atoms with van der Waals surface area (Å²) in [6.45, 7) is -2.94. The molecule has 0 aliphatic carbocycles. The van der Waals surface area contributed by atoms with Gasteiger partial charge in [0.2, 0.25) is 0 Å². The first kappa shape index (κ1) is 16.3. The molecule has 8 heteroatoms. The van der Waals surface area contributed by atoms with Gasteiger partial charge in [-0.15, -0.1) is 0 Å². The van der Waals surface area contributed by atoms with Crippen LogP contribution in [0.5, 0.6) is 11.5 Å². The lowest BCUT2D eigenvalue weighted by Crippen LogP contribution is -2.17. The van der Waals surface area contributed by atoms with Crippen molar-refractivity contribution in [1.82, 2.24) is 10.4 Å². The Labute approximate surface area is 130 Å². The molecule has 1 aromatic heterocycles. The molecule has 1 amide bonds. The van der Waals surface area contributed by atoms with Gasteiger partial charge in [0.25, 0.3) is 5.91 Å². The summed E-state index contributed by atoms with van der Waals surface area (Å²) in [4.78, 5) is 15.6. The molecule has 1 heterocycles. The van der Waals surface area contributed by atoms with Gasteiger partial charge >= 0.3 is 6.61 Å². The first-order valence-electron chi connectivity index (χ1n) is 6.46. The van der Waals surface area contributed by atoms with Gasteiger partial charge in [-0.2, -0.15) is 13.9 Å². The van der Waals surface area contributed by atoms with Crippen molar-refractivity contribution in [3.05, 3.63) is 53.9 Å². The molecule has 0 unspecified atom stereocenters. The van der Waals surface area contributed by atoms with E-state index in [0.717, 1.165) is 0 Å².